The summed E-state index contributed by atoms with van der Waals surface area (Å²) in [5.41, 5.74) is -1.91. The lowest BCUT2D eigenvalue weighted by atomic mass is 9.88. The summed E-state index contributed by atoms with van der Waals surface area (Å²) in [7, 11) is 1.34. The van der Waals surface area contributed by atoms with Gasteiger partial charge in [-0.1, -0.05) is 93.3 Å². The molecule has 232 valence electrons. The van der Waals surface area contributed by atoms with E-state index in [0.29, 0.717) is 6.42 Å². The summed E-state index contributed by atoms with van der Waals surface area (Å²) in [6, 6.07) is 21.6. The van der Waals surface area contributed by atoms with Gasteiger partial charge in [0.2, 0.25) is 11.5 Å². The quantitative estimate of drug-likeness (QED) is 0.0513. The highest BCUT2D eigenvalue weighted by molar-refractivity contribution is 6.24. The SMILES string of the molecule is CCCCCCCOC(=O)c1c(C(=O)c2ccccc2)c(O)c(O)c(OC(=O)c2ccccc2)c1C(=O)c1ccccc1OC. The number of hydrogen-bond acceptors (Lipinski definition) is 9. The average molecular weight is 611 g/mol. The smallest absolute Gasteiger partial charge is 0.343 e. The maximum Gasteiger partial charge on any atom is 0.343 e. The molecule has 9 nitrogen and oxygen atoms in total. The van der Waals surface area contributed by atoms with Crippen molar-refractivity contribution in [3.05, 3.63) is 118 Å². The second kappa shape index (κ2) is 15.3. The minimum atomic E-state index is -1.12. The molecule has 0 aliphatic carbocycles. The number of hydrogen-bond donors (Lipinski definition) is 2. The lowest BCUT2D eigenvalue weighted by Crippen LogP contribution is -2.22. The average Bonchev–Trinajstić information content (AvgIpc) is 3.08. The van der Waals surface area contributed by atoms with E-state index < -0.39 is 57.4 Å². The van der Waals surface area contributed by atoms with E-state index in [9.17, 15) is 29.4 Å². The molecule has 2 N–H and O–H groups in total. The summed E-state index contributed by atoms with van der Waals surface area (Å²) in [4.78, 5) is 55.3. The van der Waals surface area contributed by atoms with Gasteiger partial charge < -0.3 is 24.4 Å². The van der Waals surface area contributed by atoms with E-state index in [1.807, 2.05) is 0 Å². The lowest BCUT2D eigenvalue weighted by Gasteiger charge is -2.20. The second-order valence-corrected chi connectivity index (χ2v) is 10.2. The molecule has 0 spiro atoms. The first-order chi connectivity index (χ1) is 21.8. The van der Waals surface area contributed by atoms with Crippen molar-refractivity contribution in [3.8, 4) is 23.0 Å². The number of esters is 2. The molecule has 4 rings (SSSR count). The van der Waals surface area contributed by atoms with Crippen molar-refractivity contribution in [2.75, 3.05) is 13.7 Å². The Hall–Kier alpha value is -5.44. The largest absolute Gasteiger partial charge is 0.504 e. The summed E-state index contributed by atoms with van der Waals surface area (Å²) < 4.78 is 16.4. The molecule has 4 aromatic rings. The van der Waals surface area contributed by atoms with E-state index >= 15 is 0 Å². The van der Waals surface area contributed by atoms with Crippen LogP contribution < -0.4 is 9.47 Å². The first kappa shape index (κ1) is 32.5. The van der Waals surface area contributed by atoms with Crippen LogP contribution in [0, 0.1) is 0 Å². The molecule has 0 saturated carbocycles. The number of ketones is 2. The van der Waals surface area contributed by atoms with Gasteiger partial charge in [0.1, 0.15) is 5.75 Å². The molecule has 0 unspecified atom stereocenters. The Kier molecular flexibility index (Phi) is 11.1. The van der Waals surface area contributed by atoms with Crippen LogP contribution in [0.5, 0.6) is 23.0 Å². The van der Waals surface area contributed by atoms with Crippen molar-refractivity contribution in [2.45, 2.75) is 39.0 Å². The van der Waals surface area contributed by atoms with Gasteiger partial charge in [0.15, 0.2) is 17.3 Å². The van der Waals surface area contributed by atoms with Gasteiger partial charge in [-0.3, -0.25) is 9.59 Å². The van der Waals surface area contributed by atoms with Crippen LogP contribution in [-0.4, -0.2) is 47.4 Å². The van der Waals surface area contributed by atoms with E-state index in [-0.39, 0.29) is 29.0 Å². The number of unbranched alkanes of at least 4 members (excludes halogenated alkanes) is 4. The number of aromatic hydroxyl groups is 2. The number of para-hydroxylation sites is 1. The van der Waals surface area contributed by atoms with Crippen LogP contribution in [0.1, 0.15) is 91.6 Å². The number of phenolic OH excluding ortho intramolecular Hbond substituents is 2. The Morgan fingerprint density at radius 1 is 0.622 bits per heavy atom. The third-order valence-corrected chi connectivity index (χ3v) is 7.13. The molecule has 0 aliphatic heterocycles. The van der Waals surface area contributed by atoms with Crippen LogP contribution in [0.2, 0.25) is 0 Å². The van der Waals surface area contributed by atoms with Gasteiger partial charge in [0, 0.05) is 5.56 Å². The number of benzene rings is 4. The molecule has 0 aromatic heterocycles. The normalized spacial score (nSPS) is 10.6. The molecule has 9 heteroatoms. The third kappa shape index (κ3) is 7.38. The van der Waals surface area contributed by atoms with Gasteiger partial charge in [0.05, 0.1) is 41.5 Å². The zero-order valence-electron chi connectivity index (χ0n) is 25.1. The molecular weight excluding hydrogens is 576 g/mol. The monoisotopic (exact) mass is 610 g/mol. The Bertz CT molecular complexity index is 1680. The second-order valence-electron chi connectivity index (χ2n) is 10.2. The minimum absolute atomic E-state index is 0.0371. The van der Waals surface area contributed by atoms with E-state index in [2.05, 4.69) is 6.92 Å². The molecule has 0 saturated heterocycles. The summed E-state index contributed by atoms with van der Waals surface area (Å²) in [5, 5.41) is 22.5. The summed E-state index contributed by atoms with van der Waals surface area (Å²) in [6.07, 6.45) is 4.27. The van der Waals surface area contributed by atoms with E-state index in [4.69, 9.17) is 14.2 Å². The van der Waals surface area contributed by atoms with E-state index in [1.165, 1.54) is 43.5 Å². The Morgan fingerprint density at radius 2 is 1.22 bits per heavy atom. The van der Waals surface area contributed by atoms with Crippen molar-refractivity contribution >= 4 is 23.5 Å². The molecule has 0 amide bonds. The number of methoxy groups -OCH3 is 1. The standard InChI is InChI=1S/C36H34O9/c1-3-4-5-6-15-22-44-36(42)27-28(30(37)23-16-9-7-10-17-23)32(39)33(40)34(45-35(41)24-18-11-8-12-19-24)29(27)31(38)25-20-13-14-21-26(25)43-2/h7-14,16-21,39-40H,3-6,15,22H2,1-2H3. The maximum atomic E-state index is 14.3. The molecule has 0 bridgehead atoms. The van der Waals surface area contributed by atoms with Crippen molar-refractivity contribution in [3.63, 3.8) is 0 Å². The molecule has 4 aromatic carbocycles. The number of carbonyl (C=O) groups is 4. The van der Waals surface area contributed by atoms with Gasteiger partial charge in [-0.15, -0.1) is 0 Å². The topological polar surface area (TPSA) is 136 Å². The Labute approximate surface area is 261 Å². The summed E-state index contributed by atoms with van der Waals surface area (Å²) in [6.45, 7) is 2.04. The first-order valence-corrected chi connectivity index (χ1v) is 14.6. The van der Waals surface area contributed by atoms with Crippen LogP contribution in [-0.2, 0) is 4.74 Å². The number of rotatable bonds is 14. The molecule has 0 fully saturated rings. The molecular formula is C36H34O9. The van der Waals surface area contributed by atoms with E-state index in [0.717, 1.165) is 25.7 Å². The van der Waals surface area contributed by atoms with Crippen LogP contribution in [0.4, 0.5) is 0 Å². The Balaban J connectivity index is 1.97. The third-order valence-electron chi connectivity index (χ3n) is 7.13. The molecule has 0 aliphatic rings. The highest BCUT2D eigenvalue weighted by Gasteiger charge is 2.38. The number of ether oxygens (including phenoxy) is 3. The van der Waals surface area contributed by atoms with Crippen LogP contribution in [0.25, 0.3) is 0 Å². The minimum Gasteiger partial charge on any atom is -0.504 e. The van der Waals surface area contributed by atoms with Gasteiger partial charge in [0.25, 0.3) is 0 Å². The van der Waals surface area contributed by atoms with Crippen molar-refractivity contribution in [1.29, 1.82) is 0 Å². The Morgan fingerprint density at radius 3 is 1.87 bits per heavy atom. The van der Waals surface area contributed by atoms with Crippen LogP contribution >= 0.6 is 0 Å². The molecule has 0 radical (unpaired) electrons. The zero-order chi connectivity index (χ0) is 32.3. The predicted molar refractivity (Wildman–Crippen MR) is 167 cm³/mol. The maximum absolute atomic E-state index is 14.3. The highest BCUT2D eigenvalue weighted by atomic mass is 16.5. The van der Waals surface area contributed by atoms with E-state index in [1.54, 1.807) is 48.5 Å². The number of phenols is 2. The summed E-state index contributed by atoms with van der Waals surface area (Å²) in [5.74, 6) is -6.71. The molecule has 0 heterocycles. The fraction of sp³-hybridized carbons (Fsp3) is 0.222. The first-order valence-electron chi connectivity index (χ1n) is 14.6. The van der Waals surface area contributed by atoms with Gasteiger partial charge >= 0.3 is 11.9 Å². The fourth-order valence-electron chi connectivity index (χ4n) is 4.81. The van der Waals surface area contributed by atoms with Crippen molar-refractivity contribution in [1.82, 2.24) is 0 Å². The number of carbonyl (C=O) groups excluding carboxylic acids is 4. The lowest BCUT2D eigenvalue weighted by molar-refractivity contribution is 0.0489. The van der Waals surface area contributed by atoms with Gasteiger partial charge in [-0.2, -0.15) is 0 Å². The van der Waals surface area contributed by atoms with Crippen LogP contribution in [0.3, 0.4) is 0 Å². The highest BCUT2D eigenvalue weighted by Crippen LogP contribution is 2.47. The molecule has 45 heavy (non-hydrogen) atoms. The fourth-order valence-corrected chi connectivity index (χ4v) is 4.81. The van der Waals surface area contributed by atoms with Gasteiger partial charge in [-0.25, -0.2) is 9.59 Å². The van der Waals surface area contributed by atoms with Gasteiger partial charge in [-0.05, 0) is 30.7 Å². The van der Waals surface area contributed by atoms with Crippen molar-refractivity contribution < 1.29 is 43.6 Å². The zero-order valence-corrected chi connectivity index (χ0v) is 25.1. The summed E-state index contributed by atoms with van der Waals surface area (Å²) >= 11 is 0. The van der Waals surface area contributed by atoms with Crippen LogP contribution in [0.15, 0.2) is 84.9 Å². The predicted octanol–water partition coefficient (Wildman–Crippen LogP) is 6.91. The van der Waals surface area contributed by atoms with Crippen molar-refractivity contribution in [2.24, 2.45) is 0 Å². The molecule has 0 atom stereocenters.